The molecule has 0 spiro atoms. The third kappa shape index (κ3) is 1.98. The minimum absolute atomic E-state index is 0.625. The van der Waals surface area contributed by atoms with Gasteiger partial charge in [-0.1, -0.05) is 12.8 Å². The second kappa shape index (κ2) is 4.60. The van der Waals surface area contributed by atoms with Crippen molar-refractivity contribution in [3.8, 4) is 0 Å². The third-order valence-electron chi connectivity index (χ3n) is 2.88. The number of rotatable bonds is 4. The molecule has 1 aromatic rings. The van der Waals surface area contributed by atoms with Crippen LogP contribution in [0.4, 0.5) is 0 Å². The molecular weight excluding hydrogens is 176 g/mol. The maximum Gasteiger partial charge on any atom is 0.0884 e. The molecule has 3 nitrogen and oxygen atoms in total. The number of hydrogen-bond acceptors (Lipinski definition) is 2. The van der Waals surface area contributed by atoms with E-state index in [1.807, 2.05) is 13.1 Å². The summed E-state index contributed by atoms with van der Waals surface area (Å²) in [5, 5.41) is 4.39. The summed E-state index contributed by atoms with van der Waals surface area (Å²) in [7, 11) is 0. The second-order valence-electron chi connectivity index (χ2n) is 3.84. The summed E-state index contributed by atoms with van der Waals surface area (Å²) in [6.07, 6.45) is 7.13. The Balaban J connectivity index is 2.04. The van der Waals surface area contributed by atoms with Gasteiger partial charge in [-0.25, -0.2) is 0 Å². The minimum Gasteiger partial charge on any atom is -0.375 e. The highest BCUT2D eigenvalue weighted by Gasteiger charge is 2.19. The van der Waals surface area contributed by atoms with E-state index >= 15 is 0 Å². The zero-order valence-electron chi connectivity index (χ0n) is 8.78. The summed E-state index contributed by atoms with van der Waals surface area (Å²) in [6.45, 7) is 3.50. The topological polar surface area (TPSA) is 27.1 Å². The van der Waals surface area contributed by atoms with Crippen molar-refractivity contribution in [2.24, 2.45) is 0 Å². The standard InChI is InChI=1S/C11H18N2O/c1-2-14-9-11-7-8-12-13(11)10-5-3-4-6-10/h7-8,10H,2-6,9H2,1H3. The Hall–Kier alpha value is -0.830. The SMILES string of the molecule is CCOCc1ccnn1C1CCCC1. The molecule has 0 radical (unpaired) electrons. The summed E-state index contributed by atoms with van der Waals surface area (Å²) in [4.78, 5) is 0. The second-order valence-corrected chi connectivity index (χ2v) is 3.84. The fourth-order valence-corrected chi connectivity index (χ4v) is 2.14. The van der Waals surface area contributed by atoms with Gasteiger partial charge in [0.1, 0.15) is 0 Å². The molecule has 0 amide bonds. The van der Waals surface area contributed by atoms with Crippen LogP contribution in [0.5, 0.6) is 0 Å². The van der Waals surface area contributed by atoms with E-state index in [2.05, 4.69) is 15.8 Å². The van der Waals surface area contributed by atoms with E-state index in [1.54, 1.807) is 0 Å². The van der Waals surface area contributed by atoms with E-state index in [4.69, 9.17) is 4.74 Å². The lowest BCUT2D eigenvalue weighted by molar-refractivity contribution is 0.126. The third-order valence-corrected chi connectivity index (χ3v) is 2.88. The Kier molecular flexibility index (Phi) is 3.19. The van der Waals surface area contributed by atoms with Gasteiger partial charge in [-0.2, -0.15) is 5.10 Å². The van der Waals surface area contributed by atoms with Crippen molar-refractivity contribution < 1.29 is 4.74 Å². The van der Waals surface area contributed by atoms with Crippen molar-refractivity contribution in [1.82, 2.24) is 9.78 Å². The number of ether oxygens (including phenoxy) is 1. The quantitative estimate of drug-likeness (QED) is 0.736. The fourth-order valence-electron chi connectivity index (χ4n) is 2.14. The molecule has 2 rings (SSSR count). The Morgan fingerprint density at radius 3 is 3.00 bits per heavy atom. The van der Waals surface area contributed by atoms with Crippen molar-refractivity contribution in [3.05, 3.63) is 18.0 Å². The molecule has 14 heavy (non-hydrogen) atoms. The Bertz CT molecular complexity index is 277. The van der Waals surface area contributed by atoms with Gasteiger partial charge in [-0.15, -0.1) is 0 Å². The molecule has 1 aromatic heterocycles. The minimum atomic E-state index is 0.625. The van der Waals surface area contributed by atoms with Crippen molar-refractivity contribution in [2.75, 3.05) is 6.61 Å². The van der Waals surface area contributed by atoms with Gasteiger partial charge < -0.3 is 4.74 Å². The molecule has 0 atom stereocenters. The van der Waals surface area contributed by atoms with Crippen molar-refractivity contribution in [2.45, 2.75) is 45.3 Å². The van der Waals surface area contributed by atoms with Gasteiger partial charge in [0.2, 0.25) is 0 Å². The molecule has 0 unspecified atom stereocenters. The lowest BCUT2D eigenvalue weighted by atomic mass is 10.2. The van der Waals surface area contributed by atoms with E-state index in [9.17, 15) is 0 Å². The van der Waals surface area contributed by atoms with Gasteiger partial charge in [0.05, 0.1) is 18.3 Å². The predicted octanol–water partition coefficient (Wildman–Crippen LogP) is 2.53. The number of hydrogen-bond donors (Lipinski definition) is 0. The lowest BCUT2D eigenvalue weighted by Crippen LogP contribution is -2.11. The van der Waals surface area contributed by atoms with Gasteiger partial charge in [0, 0.05) is 12.8 Å². The fraction of sp³-hybridized carbons (Fsp3) is 0.727. The van der Waals surface area contributed by atoms with Crippen molar-refractivity contribution in [1.29, 1.82) is 0 Å². The van der Waals surface area contributed by atoms with Gasteiger partial charge in [-0.3, -0.25) is 4.68 Å². The highest BCUT2D eigenvalue weighted by molar-refractivity contribution is 5.01. The highest BCUT2D eigenvalue weighted by atomic mass is 16.5. The average Bonchev–Trinajstić information content (AvgIpc) is 2.84. The maximum atomic E-state index is 5.42. The summed E-state index contributed by atoms with van der Waals surface area (Å²) in [5.74, 6) is 0. The molecule has 1 saturated carbocycles. The van der Waals surface area contributed by atoms with E-state index < -0.39 is 0 Å². The summed E-state index contributed by atoms with van der Waals surface area (Å²) in [6, 6.07) is 2.69. The van der Waals surface area contributed by atoms with Gasteiger partial charge >= 0.3 is 0 Å². The van der Waals surface area contributed by atoms with Gasteiger partial charge in [0.25, 0.3) is 0 Å². The Morgan fingerprint density at radius 1 is 1.50 bits per heavy atom. The normalized spacial score (nSPS) is 17.8. The molecule has 0 bridgehead atoms. The first kappa shape index (κ1) is 9.71. The molecule has 0 N–H and O–H groups in total. The molecule has 1 heterocycles. The maximum absolute atomic E-state index is 5.42. The smallest absolute Gasteiger partial charge is 0.0884 e. The summed E-state index contributed by atoms with van der Waals surface area (Å²) >= 11 is 0. The molecule has 78 valence electrons. The van der Waals surface area contributed by atoms with Crippen molar-refractivity contribution >= 4 is 0 Å². The number of aromatic nitrogens is 2. The molecule has 1 fully saturated rings. The van der Waals surface area contributed by atoms with Crippen LogP contribution in [0.15, 0.2) is 12.3 Å². The first-order chi connectivity index (χ1) is 6.92. The molecule has 0 aliphatic heterocycles. The Morgan fingerprint density at radius 2 is 2.29 bits per heavy atom. The van der Waals surface area contributed by atoms with E-state index in [1.165, 1.54) is 31.4 Å². The molecule has 3 heteroatoms. The van der Waals surface area contributed by atoms with Crippen LogP contribution in [0.3, 0.4) is 0 Å². The predicted molar refractivity (Wildman–Crippen MR) is 55.1 cm³/mol. The van der Waals surface area contributed by atoms with Crippen LogP contribution >= 0.6 is 0 Å². The monoisotopic (exact) mass is 194 g/mol. The number of nitrogens with zero attached hydrogens (tertiary/aromatic N) is 2. The summed E-state index contributed by atoms with van der Waals surface area (Å²) < 4.78 is 7.57. The van der Waals surface area contributed by atoms with Gasteiger partial charge in [0.15, 0.2) is 0 Å². The average molecular weight is 194 g/mol. The lowest BCUT2D eigenvalue weighted by Gasteiger charge is -2.13. The molecule has 1 aliphatic rings. The first-order valence-electron chi connectivity index (χ1n) is 5.52. The first-order valence-corrected chi connectivity index (χ1v) is 5.52. The van der Waals surface area contributed by atoms with Crippen LogP contribution in [0.25, 0.3) is 0 Å². The van der Waals surface area contributed by atoms with E-state index in [0.717, 1.165) is 6.61 Å². The van der Waals surface area contributed by atoms with Crippen LogP contribution in [0.1, 0.15) is 44.3 Å². The summed E-state index contributed by atoms with van der Waals surface area (Å²) in [5.41, 5.74) is 1.22. The zero-order chi connectivity index (χ0) is 9.80. The molecule has 0 aromatic carbocycles. The van der Waals surface area contributed by atoms with Crippen LogP contribution in [-0.4, -0.2) is 16.4 Å². The van der Waals surface area contributed by atoms with Crippen LogP contribution < -0.4 is 0 Å². The van der Waals surface area contributed by atoms with Crippen LogP contribution in [-0.2, 0) is 11.3 Å². The molecule has 1 aliphatic carbocycles. The van der Waals surface area contributed by atoms with E-state index in [0.29, 0.717) is 12.6 Å². The largest absolute Gasteiger partial charge is 0.375 e. The van der Waals surface area contributed by atoms with Crippen molar-refractivity contribution in [3.63, 3.8) is 0 Å². The van der Waals surface area contributed by atoms with E-state index in [-0.39, 0.29) is 0 Å². The van der Waals surface area contributed by atoms with Crippen LogP contribution in [0.2, 0.25) is 0 Å². The van der Waals surface area contributed by atoms with Crippen LogP contribution in [0, 0.1) is 0 Å². The van der Waals surface area contributed by atoms with Gasteiger partial charge in [-0.05, 0) is 25.8 Å². The molecule has 0 saturated heterocycles. The Labute approximate surface area is 85.1 Å². The highest BCUT2D eigenvalue weighted by Crippen LogP contribution is 2.29. The molecular formula is C11H18N2O. The zero-order valence-corrected chi connectivity index (χ0v) is 8.78.